The number of hydrogen-bond donors (Lipinski definition) is 2. The SMILES string of the molecule is O=C(N[C@H]1C=Nc2ccccc2NC1=O)c1ccc(Br)cc1. The van der Waals surface area contributed by atoms with Gasteiger partial charge >= 0.3 is 0 Å². The van der Waals surface area contributed by atoms with E-state index in [0.717, 1.165) is 4.47 Å². The zero-order valence-corrected chi connectivity index (χ0v) is 13.0. The monoisotopic (exact) mass is 357 g/mol. The first-order chi connectivity index (χ1) is 10.6. The van der Waals surface area contributed by atoms with Gasteiger partial charge in [0.05, 0.1) is 11.4 Å². The third kappa shape index (κ3) is 3.07. The maximum Gasteiger partial charge on any atom is 0.252 e. The smallest absolute Gasteiger partial charge is 0.252 e. The molecule has 0 saturated carbocycles. The summed E-state index contributed by atoms with van der Waals surface area (Å²) in [5, 5.41) is 5.42. The molecule has 1 aliphatic rings. The first-order valence-corrected chi connectivity index (χ1v) is 7.43. The summed E-state index contributed by atoms with van der Waals surface area (Å²) in [6, 6.07) is 13.3. The van der Waals surface area contributed by atoms with Gasteiger partial charge < -0.3 is 10.6 Å². The summed E-state index contributed by atoms with van der Waals surface area (Å²) in [6.07, 6.45) is 1.44. The van der Waals surface area contributed by atoms with Gasteiger partial charge in [-0.05, 0) is 36.4 Å². The lowest BCUT2D eigenvalue weighted by Crippen LogP contribution is -2.44. The maximum atomic E-state index is 12.2. The van der Waals surface area contributed by atoms with E-state index in [1.165, 1.54) is 6.21 Å². The Morgan fingerprint density at radius 1 is 1.14 bits per heavy atom. The molecular weight excluding hydrogens is 346 g/mol. The number of rotatable bonds is 2. The number of aliphatic imine (C=N–C) groups is 1. The largest absolute Gasteiger partial charge is 0.336 e. The summed E-state index contributed by atoms with van der Waals surface area (Å²) in [6.45, 7) is 0. The summed E-state index contributed by atoms with van der Waals surface area (Å²) in [5.41, 5.74) is 1.77. The van der Waals surface area contributed by atoms with Crippen LogP contribution in [0.5, 0.6) is 0 Å². The van der Waals surface area contributed by atoms with Crippen molar-refractivity contribution in [2.24, 2.45) is 4.99 Å². The molecule has 2 N–H and O–H groups in total. The van der Waals surface area contributed by atoms with Gasteiger partial charge in [0.25, 0.3) is 11.8 Å². The Labute approximate surface area is 135 Å². The van der Waals surface area contributed by atoms with Crippen molar-refractivity contribution < 1.29 is 9.59 Å². The van der Waals surface area contributed by atoms with E-state index in [0.29, 0.717) is 16.9 Å². The van der Waals surface area contributed by atoms with Crippen molar-refractivity contribution in [3.63, 3.8) is 0 Å². The number of fused-ring (bicyclic) bond motifs is 1. The molecular formula is C16H12BrN3O2. The predicted molar refractivity (Wildman–Crippen MR) is 88.6 cm³/mol. The lowest BCUT2D eigenvalue weighted by molar-refractivity contribution is -0.116. The van der Waals surface area contributed by atoms with Crippen LogP contribution in [-0.2, 0) is 4.79 Å². The Morgan fingerprint density at radius 3 is 2.64 bits per heavy atom. The molecule has 0 radical (unpaired) electrons. The zero-order chi connectivity index (χ0) is 15.5. The van der Waals surface area contributed by atoms with Crippen molar-refractivity contribution >= 4 is 45.3 Å². The van der Waals surface area contributed by atoms with Gasteiger partial charge in [-0.3, -0.25) is 14.6 Å². The molecule has 0 saturated heterocycles. The molecule has 0 fully saturated rings. The average Bonchev–Trinajstić information content (AvgIpc) is 2.67. The van der Waals surface area contributed by atoms with Crippen LogP contribution in [0.15, 0.2) is 58.0 Å². The van der Waals surface area contributed by atoms with E-state index in [1.54, 1.807) is 36.4 Å². The molecule has 0 aliphatic carbocycles. The Kier molecular flexibility index (Phi) is 4.02. The van der Waals surface area contributed by atoms with E-state index < -0.39 is 6.04 Å². The number of nitrogens with zero attached hydrogens (tertiary/aromatic N) is 1. The minimum Gasteiger partial charge on any atom is -0.336 e. The van der Waals surface area contributed by atoms with Gasteiger partial charge in [0.15, 0.2) is 0 Å². The lowest BCUT2D eigenvalue weighted by Gasteiger charge is -2.12. The fourth-order valence-electron chi connectivity index (χ4n) is 2.05. The van der Waals surface area contributed by atoms with Gasteiger partial charge in [-0.25, -0.2) is 0 Å². The highest BCUT2D eigenvalue weighted by Gasteiger charge is 2.22. The normalized spacial score (nSPS) is 16.4. The molecule has 6 heteroatoms. The van der Waals surface area contributed by atoms with Gasteiger partial charge in [0.1, 0.15) is 6.04 Å². The number of benzene rings is 2. The number of halogens is 1. The fraction of sp³-hybridized carbons (Fsp3) is 0.0625. The predicted octanol–water partition coefficient (Wildman–Crippen LogP) is 2.90. The highest BCUT2D eigenvalue weighted by Crippen LogP contribution is 2.25. The molecule has 0 bridgehead atoms. The Balaban J connectivity index is 1.77. The van der Waals surface area contributed by atoms with E-state index in [9.17, 15) is 9.59 Å². The number of para-hydroxylation sites is 2. The van der Waals surface area contributed by atoms with E-state index in [4.69, 9.17) is 0 Å². The second kappa shape index (κ2) is 6.11. The highest BCUT2D eigenvalue weighted by atomic mass is 79.9. The topological polar surface area (TPSA) is 70.6 Å². The standard InChI is InChI=1S/C16H12BrN3O2/c17-11-7-5-10(6-8-11)15(21)20-14-9-18-12-3-1-2-4-13(12)19-16(14)22/h1-9,14H,(H,19,22)(H,20,21)/t14-/m0/s1. The Morgan fingerprint density at radius 2 is 1.86 bits per heavy atom. The summed E-state index contributed by atoms with van der Waals surface area (Å²) in [7, 11) is 0. The molecule has 2 amide bonds. The van der Waals surface area contributed by atoms with Crippen LogP contribution in [0.25, 0.3) is 0 Å². The minimum absolute atomic E-state index is 0.320. The van der Waals surface area contributed by atoms with Crippen molar-refractivity contribution in [3.05, 3.63) is 58.6 Å². The molecule has 0 unspecified atom stereocenters. The van der Waals surface area contributed by atoms with Crippen LogP contribution < -0.4 is 10.6 Å². The van der Waals surface area contributed by atoms with Crippen LogP contribution in [0.4, 0.5) is 11.4 Å². The van der Waals surface area contributed by atoms with E-state index in [2.05, 4.69) is 31.6 Å². The van der Waals surface area contributed by atoms with E-state index in [-0.39, 0.29) is 11.8 Å². The molecule has 5 nitrogen and oxygen atoms in total. The molecule has 22 heavy (non-hydrogen) atoms. The second-order valence-electron chi connectivity index (χ2n) is 4.74. The fourth-order valence-corrected chi connectivity index (χ4v) is 2.32. The molecule has 2 aromatic carbocycles. The first kappa shape index (κ1) is 14.5. The molecule has 110 valence electrons. The average molecular weight is 358 g/mol. The molecule has 1 heterocycles. The van der Waals surface area contributed by atoms with Crippen molar-refractivity contribution in [1.29, 1.82) is 0 Å². The Bertz CT molecular complexity index is 756. The first-order valence-electron chi connectivity index (χ1n) is 6.64. The summed E-state index contributed by atoms with van der Waals surface area (Å²) in [5.74, 6) is -0.649. The van der Waals surface area contributed by atoms with Gasteiger partial charge in [0.2, 0.25) is 0 Å². The van der Waals surface area contributed by atoms with Crippen molar-refractivity contribution in [1.82, 2.24) is 5.32 Å². The number of carbonyl (C=O) groups is 2. The van der Waals surface area contributed by atoms with Crippen LogP contribution in [0.2, 0.25) is 0 Å². The molecule has 1 aliphatic heterocycles. The molecule has 0 spiro atoms. The quantitative estimate of drug-likeness (QED) is 0.867. The van der Waals surface area contributed by atoms with Gasteiger partial charge in [-0.1, -0.05) is 28.1 Å². The van der Waals surface area contributed by atoms with Crippen LogP contribution in [0, 0.1) is 0 Å². The maximum absolute atomic E-state index is 12.2. The summed E-state index contributed by atoms with van der Waals surface area (Å²) >= 11 is 3.31. The van der Waals surface area contributed by atoms with Crippen LogP contribution in [-0.4, -0.2) is 24.1 Å². The summed E-state index contributed by atoms with van der Waals surface area (Å²) in [4.78, 5) is 28.6. The summed E-state index contributed by atoms with van der Waals surface area (Å²) < 4.78 is 0.883. The van der Waals surface area contributed by atoms with Crippen LogP contribution >= 0.6 is 15.9 Å². The second-order valence-corrected chi connectivity index (χ2v) is 5.66. The third-order valence-corrected chi connectivity index (χ3v) is 3.73. The molecule has 2 aromatic rings. The number of carbonyl (C=O) groups excluding carboxylic acids is 2. The molecule has 0 aromatic heterocycles. The van der Waals surface area contributed by atoms with Gasteiger partial charge in [0, 0.05) is 16.3 Å². The van der Waals surface area contributed by atoms with Gasteiger partial charge in [-0.2, -0.15) is 0 Å². The lowest BCUT2D eigenvalue weighted by atomic mass is 10.2. The number of amides is 2. The molecule has 3 rings (SSSR count). The third-order valence-electron chi connectivity index (χ3n) is 3.20. The minimum atomic E-state index is -0.816. The van der Waals surface area contributed by atoms with Crippen LogP contribution in [0.1, 0.15) is 10.4 Å². The van der Waals surface area contributed by atoms with Crippen molar-refractivity contribution in [2.45, 2.75) is 6.04 Å². The molecule has 1 atom stereocenters. The van der Waals surface area contributed by atoms with Crippen LogP contribution in [0.3, 0.4) is 0 Å². The van der Waals surface area contributed by atoms with Gasteiger partial charge in [-0.15, -0.1) is 0 Å². The zero-order valence-electron chi connectivity index (χ0n) is 11.4. The van der Waals surface area contributed by atoms with Crippen molar-refractivity contribution in [3.8, 4) is 0 Å². The highest BCUT2D eigenvalue weighted by molar-refractivity contribution is 9.10. The van der Waals surface area contributed by atoms with E-state index >= 15 is 0 Å². The van der Waals surface area contributed by atoms with E-state index in [1.807, 2.05) is 12.1 Å². The number of hydrogen-bond acceptors (Lipinski definition) is 3. The Hall–Kier alpha value is -2.47. The van der Waals surface area contributed by atoms with Crippen molar-refractivity contribution in [2.75, 3.05) is 5.32 Å². The number of nitrogens with one attached hydrogen (secondary N) is 2. The number of anilines is 1.